The molecule has 0 bridgehead atoms. The standard InChI is InChI=1S/C8H16N2O4/c1-4(12)10-8-7(14)6(13)5(3-11)2-9-8/h5-9,11,13-14H,2-3H2,1H3,(H,10,12)/t5-,6+,7+,8-/m1/s1. The van der Waals surface area contributed by atoms with Crippen molar-refractivity contribution < 1.29 is 20.1 Å². The summed E-state index contributed by atoms with van der Waals surface area (Å²) in [6, 6.07) is 0. The Labute approximate surface area is 81.9 Å². The number of hydrogen-bond acceptors (Lipinski definition) is 5. The molecule has 1 saturated heterocycles. The average Bonchev–Trinajstić information content (AvgIpc) is 2.13. The van der Waals surface area contributed by atoms with Gasteiger partial charge in [0.25, 0.3) is 0 Å². The van der Waals surface area contributed by atoms with Crippen LogP contribution in [0.2, 0.25) is 0 Å². The van der Waals surface area contributed by atoms with Crippen LogP contribution < -0.4 is 10.6 Å². The van der Waals surface area contributed by atoms with Crippen LogP contribution in [0.4, 0.5) is 0 Å². The number of aliphatic hydroxyl groups is 3. The van der Waals surface area contributed by atoms with Crippen LogP contribution in [-0.2, 0) is 4.79 Å². The van der Waals surface area contributed by atoms with E-state index in [0.29, 0.717) is 6.54 Å². The van der Waals surface area contributed by atoms with E-state index in [1.165, 1.54) is 6.92 Å². The van der Waals surface area contributed by atoms with Crippen molar-refractivity contribution in [2.24, 2.45) is 5.92 Å². The van der Waals surface area contributed by atoms with E-state index in [2.05, 4.69) is 10.6 Å². The highest BCUT2D eigenvalue weighted by molar-refractivity contribution is 5.73. The highest BCUT2D eigenvalue weighted by atomic mass is 16.3. The smallest absolute Gasteiger partial charge is 0.218 e. The Bertz CT molecular complexity index is 212. The predicted octanol–water partition coefficient (Wildman–Crippen LogP) is -2.62. The van der Waals surface area contributed by atoms with Gasteiger partial charge in [-0.1, -0.05) is 0 Å². The van der Waals surface area contributed by atoms with E-state index in [9.17, 15) is 15.0 Å². The van der Waals surface area contributed by atoms with E-state index in [0.717, 1.165) is 0 Å². The van der Waals surface area contributed by atoms with E-state index in [1.54, 1.807) is 0 Å². The molecule has 1 rings (SSSR count). The molecule has 0 spiro atoms. The summed E-state index contributed by atoms with van der Waals surface area (Å²) in [6.07, 6.45) is -2.76. The van der Waals surface area contributed by atoms with Gasteiger partial charge in [0, 0.05) is 26.0 Å². The summed E-state index contributed by atoms with van der Waals surface area (Å²) in [5.74, 6) is -0.675. The molecule has 82 valence electrons. The van der Waals surface area contributed by atoms with Gasteiger partial charge in [0.2, 0.25) is 5.91 Å². The van der Waals surface area contributed by atoms with Gasteiger partial charge in [-0.15, -0.1) is 0 Å². The third-order valence-electron chi connectivity index (χ3n) is 2.37. The lowest BCUT2D eigenvalue weighted by atomic mass is 9.92. The van der Waals surface area contributed by atoms with Crippen molar-refractivity contribution in [2.75, 3.05) is 13.2 Å². The Morgan fingerprint density at radius 2 is 2.14 bits per heavy atom. The fraction of sp³-hybridized carbons (Fsp3) is 0.875. The van der Waals surface area contributed by atoms with Crippen LogP contribution in [0.5, 0.6) is 0 Å². The second-order valence-corrected chi connectivity index (χ2v) is 3.51. The first kappa shape index (κ1) is 11.4. The van der Waals surface area contributed by atoms with E-state index in [-0.39, 0.29) is 12.5 Å². The second kappa shape index (κ2) is 4.70. The highest BCUT2D eigenvalue weighted by Crippen LogP contribution is 2.14. The summed E-state index contributed by atoms with van der Waals surface area (Å²) < 4.78 is 0. The number of carbonyl (C=O) groups excluding carboxylic acids is 1. The molecule has 14 heavy (non-hydrogen) atoms. The van der Waals surface area contributed by atoms with Crippen molar-refractivity contribution >= 4 is 5.91 Å². The summed E-state index contributed by atoms with van der Waals surface area (Å²) in [6.45, 7) is 1.50. The number of nitrogens with one attached hydrogen (secondary N) is 2. The van der Waals surface area contributed by atoms with Crippen LogP contribution in [0, 0.1) is 5.92 Å². The maximum absolute atomic E-state index is 10.7. The number of rotatable bonds is 2. The molecule has 0 unspecified atom stereocenters. The molecule has 1 fully saturated rings. The minimum absolute atomic E-state index is 0.196. The van der Waals surface area contributed by atoms with Crippen molar-refractivity contribution in [1.29, 1.82) is 0 Å². The molecule has 0 saturated carbocycles. The SMILES string of the molecule is CC(=O)N[C@H]1NC[C@H](CO)[C@H](O)[C@@H]1O. The van der Waals surface area contributed by atoms with Gasteiger partial charge in [0.05, 0.1) is 6.10 Å². The molecule has 0 aromatic carbocycles. The van der Waals surface area contributed by atoms with E-state index in [1.807, 2.05) is 0 Å². The zero-order chi connectivity index (χ0) is 10.7. The minimum Gasteiger partial charge on any atom is -0.396 e. The molecule has 1 amide bonds. The van der Waals surface area contributed by atoms with Crippen molar-refractivity contribution in [3.05, 3.63) is 0 Å². The number of piperidine rings is 1. The average molecular weight is 204 g/mol. The summed E-state index contributed by atoms with van der Waals surface area (Å²) in [5, 5.41) is 33.2. The topological polar surface area (TPSA) is 102 Å². The number of aliphatic hydroxyl groups excluding tert-OH is 3. The highest BCUT2D eigenvalue weighted by Gasteiger charge is 2.36. The Kier molecular flexibility index (Phi) is 3.82. The Morgan fingerprint density at radius 3 is 2.64 bits per heavy atom. The Morgan fingerprint density at radius 1 is 1.50 bits per heavy atom. The van der Waals surface area contributed by atoms with Gasteiger partial charge in [0.1, 0.15) is 12.3 Å². The molecule has 0 aliphatic carbocycles. The lowest BCUT2D eigenvalue weighted by Gasteiger charge is -2.37. The van der Waals surface area contributed by atoms with Crippen molar-refractivity contribution in [3.63, 3.8) is 0 Å². The van der Waals surface area contributed by atoms with Gasteiger partial charge in [-0.05, 0) is 0 Å². The largest absolute Gasteiger partial charge is 0.396 e. The first-order valence-corrected chi connectivity index (χ1v) is 4.53. The summed E-state index contributed by atoms with van der Waals surface area (Å²) >= 11 is 0. The van der Waals surface area contributed by atoms with Crippen LogP contribution in [0.1, 0.15) is 6.92 Å². The minimum atomic E-state index is -1.09. The number of hydrogen-bond donors (Lipinski definition) is 5. The first-order chi connectivity index (χ1) is 6.56. The zero-order valence-electron chi connectivity index (χ0n) is 7.97. The monoisotopic (exact) mass is 204 g/mol. The summed E-state index contributed by atoms with van der Waals surface area (Å²) in [7, 11) is 0. The molecule has 1 heterocycles. The van der Waals surface area contributed by atoms with Gasteiger partial charge < -0.3 is 20.6 Å². The lowest BCUT2D eigenvalue weighted by molar-refractivity contribution is -0.124. The molecule has 4 atom stereocenters. The third kappa shape index (κ3) is 2.42. The van der Waals surface area contributed by atoms with Crippen LogP contribution >= 0.6 is 0 Å². The Balaban J connectivity index is 2.54. The van der Waals surface area contributed by atoms with Crippen LogP contribution in [-0.4, -0.2) is 52.8 Å². The molecule has 0 aromatic heterocycles. The van der Waals surface area contributed by atoms with Crippen molar-refractivity contribution in [2.45, 2.75) is 25.3 Å². The molecular formula is C8H16N2O4. The van der Waals surface area contributed by atoms with Gasteiger partial charge in [-0.25, -0.2) is 0 Å². The normalized spacial score (nSPS) is 38.0. The van der Waals surface area contributed by atoms with Gasteiger partial charge >= 0.3 is 0 Å². The summed E-state index contributed by atoms with van der Waals surface area (Å²) in [5.41, 5.74) is 0. The first-order valence-electron chi connectivity index (χ1n) is 4.53. The fourth-order valence-electron chi connectivity index (χ4n) is 1.52. The van der Waals surface area contributed by atoms with Crippen molar-refractivity contribution in [1.82, 2.24) is 10.6 Å². The number of amides is 1. The zero-order valence-corrected chi connectivity index (χ0v) is 7.97. The maximum Gasteiger partial charge on any atom is 0.218 e. The van der Waals surface area contributed by atoms with Gasteiger partial charge in [0.15, 0.2) is 0 Å². The van der Waals surface area contributed by atoms with Crippen LogP contribution in [0.15, 0.2) is 0 Å². The van der Waals surface area contributed by atoms with Gasteiger partial charge in [-0.3, -0.25) is 10.1 Å². The Hall–Kier alpha value is -0.690. The molecule has 1 aliphatic heterocycles. The molecule has 6 nitrogen and oxygen atoms in total. The second-order valence-electron chi connectivity index (χ2n) is 3.51. The fourth-order valence-corrected chi connectivity index (χ4v) is 1.52. The van der Waals surface area contributed by atoms with E-state index < -0.39 is 24.3 Å². The molecule has 1 aliphatic rings. The molecule has 5 N–H and O–H groups in total. The van der Waals surface area contributed by atoms with E-state index in [4.69, 9.17) is 5.11 Å². The molecule has 0 radical (unpaired) electrons. The summed E-state index contributed by atoms with van der Waals surface area (Å²) in [4.78, 5) is 10.7. The van der Waals surface area contributed by atoms with E-state index >= 15 is 0 Å². The number of carbonyl (C=O) groups is 1. The molecule has 6 heteroatoms. The quantitative estimate of drug-likeness (QED) is 0.339. The maximum atomic E-state index is 10.7. The van der Waals surface area contributed by atoms with Gasteiger partial charge in [-0.2, -0.15) is 0 Å². The third-order valence-corrected chi connectivity index (χ3v) is 2.37. The van der Waals surface area contributed by atoms with Crippen molar-refractivity contribution in [3.8, 4) is 0 Å². The van der Waals surface area contributed by atoms with Crippen LogP contribution in [0.25, 0.3) is 0 Å². The molecule has 0 aromatic rings. The predicted molar refractivity (Wildman–Crippen MR) is 48.2 cm³/mol. The molecular weight excluding hydrogens is 188 g/mol. The lowest BCUT2D eigenvalue weighted by Crippen LogP contribution is -2.64. The van der Waals surface area contributed by atoms with Crippen LogP contribution in [0.3, 0.4) is 0 Å².